The van der Waals surface area contributed by atoms with E-state index >= 15 is 0 Å². The zero-order valence-electron chi connectivity index (χ0n) is 16.2. The Morgan fingerprint density at radius 1 is 1.00 bits per heavy atom. The van der Waals surface area contributed by atoms with E-state index in [4.69, 9.17) is 9.47 Å². The first-order chi connectivity index (χ1) is 11.5. The number of alkyl carbamates (subject to hydrolysis) is 1. The summed E-state index contributed by atoms with van der Waals surface area (Å²) in [7, 11) is 0. The van der Waals surface area contributed by atoms with Gasteiger partial charge in [0.2, 0.25) is 5.91 Å². The molecular formula is C19H30N2O4. The van der Waals surface area contributed by atoms with Crippen molar-refractivity contribution in [2.45, 2.75) is 66.2 Å². The van der Waals surface area contributed by atoms with E-state index in [9.17, 15) is 9.59 Å². The molecule has 0 radical (unpaired) electrons. The third-order valence-electron chi connectivity index (χ3n) is 3.12. The largest absolute Gasteiger partial charge is 0.491 e. The minimum absolute atomic E-state index is 0.0868. The van der Waals surface area contributed by atoms with Crippen LogP contribution in [0.5, 0.6) is 5.75 Å². The van der Waals surface area contributed by atoms with Crippen molar-refractivity contribution in [2.75, 3.05) is 5.32 Å². The molecule has 1 rings (SSSR count). The molecule has 0 aliphatic carbocycles. The highest BCUT2D eigenvalue weighted by Crippen LogP contribution is 2.18. The molecule has 1 aromatic rings. The van der Waals surface area contributed by atoms with Gasteiger partial charge in [0.15, 0.2) is 0 Å². The smallest absolute Gasteiger partial charge is 0.408 e. The van der Waals surface area contributed by atoms with Crippen molar-refractivity contribution in [1.29, 1.82) is 0 Å². The molecule has 0 aliphatic rings. The zero-order valence-corrected chi connectivity index (χ0v) is 16.2. The van der Waals surface area contributed by atoms with Gasteiger partial charge in [0.25, 0.3) is 0 Å². The number of hydrogen-bond donors (Lipinski definition) is 2. The Kier molecular flexibility index (Phi) is 7.27. The minimum atomic E-state index is -0.693. The maximum Gasteiger partial charge on any atom is 0.408 e. The number of hydrogen-bond acceptors (Lipinski definition) is 4. The summed E-state index contributed by atoms with van der Waals surface area (Å²) in [5.74, 6) is 0.356. The standard InChI is InChI=1S/C19H30N2O4/c1-12(2)16(21-18(23)25-19(5,6)7)17(22)20-14-8-10-15(11-9-14)24-13(3)4/h8-13,16H,1-7H3,(H,20,22)(H,21,23). The average Bonchev–Trinajstić information content (AvgIpc) is 2.44. The molecule has 1 atom stereocenters. The molecule has 0 aliphatic heterocycles. The Balaban J connectivity index is 2.71. The predicted octanol–water partition coefficient (Wildman–Crippen LogP) is 3.96. The Labute approximate surface area is 150 Å². The van der Waals surface area contributed by atoms with Crippen molar-refractivity contribution in [2.24, 2.45) is 5.92 Å². The molecule has 0 spiro atoms. The molecule has 6 heteroatoms. The molecule has 0 bridgehead atoms. The van der Waals surface area contributed by atoms with Gasteiger partial charge in [-0.25, -0.2) is 4.79 Å². The maximum absolute atomic E-state index is 12.5. The van der Waals surface area contributed by atoms with Crippen LogP contribution in [0.25, 0.3) is 0 Å². The van der Waals surface area contributed by atoms with Crippen molar-refractivity contribution >= 4 is 17.7 Å². The highest BCUT2D eigenvalue weighted by molar-refractivity contribution is 5.96. The van der Waals surface area contributed by atoms with E-state index in [1.165, 1.54) is 0 Å². The molecule has 2 N–H and O–H groups in total. The lowest BCUT2D eigenvalue weighted by molar-refractivity contribution is -0.119. The van der Waals surface area contributed by atoms with Crippen LogP contribution in [0.3, 0.4) is 0 Å². The SMILES string of the molecule is CC(C)Oc1ccc(NC(=O)C(NC(=O)OC(C)(C)C)C(C)C)cc1. The number of rotatable bonds is 6. The van der Waals surface area contributed by atoms with Gasteiger partial charge < -0.3 is 20.1 Å². The highest BCUT2D eigenvalue weighted by atomic mass is 16.6. The number of ether oxygens (including phenoxy) is 2. The fraction of sp³-hybridized carbons (Fsp3) is 0.579. The van der Waals surface area contributed by atoms with Crippen LogP contribution in [0, 0.1) is 5.92 Å². The van der Waals surface area contributed by atoms with E-state index in [1.807, 2.05) is 27.7 Å². The number of carbonyl (C=O) groups excluding carboxylic acids is 2. The fourth-order valence-electron chi connectivity index (χ4n) is 2.08. The summed E-state index contributed by atoms with van der Waals surface area (Å²) in [6.07, 6.45) is -0.522. The van der Waals surface area contributed by atoms with Gasteiger partial charge in [0.1, 0.15) is 17.4 Å². The van der Waals surface area contributed by atoms with E-state index < -0.39 is 17.7 Å². The van der Waals surface area contributed by atoms with Gasteiger partial charge >= 0.3 is 6.09 Å². The summed E-state index contributed by atoms with van der Waals surface area (Å²) < 4.78 is 10.8. The van der Waals surface area contributed by atoms with Gasteiger partial charge in [0, 0.05) is 5.69 Å². The van der Waals surface area contributed by atoms with Crippen molar-refractivity contribution < 1.29 is 19.1 Å². The van der Waals surface area contributed by atoms with Crippen LogP contribution in [-0.4, -0.2) is 29.7 Å². The van der Waals surface area contributed by atoms with Gasteiger partial charge in [0.05, 0.1) is 6.10 Å². The third-order valence-corrected chi connectivity index (χ3v) is 3.12. The summed E-state index contributed by atoms with van der Waals surface area (Å²) in [4.78, 5) is 24.5. The topological polar surface area (TPSA) is 76.7 Å². The highest BCUT2D eigenvalue weighted by Gasteiger charge is 2.27. The van der Waals surface area contributed by atoms with Gasteiger partial charge in [-0.1, -0.05) is 13.8 Å². The lowest BCUT2D eigenvalue weighted by Gasteiger charge is -2.25. The normalized spacial score (nSPS) is 12.7. The Bertz CT molecular complexity index is 574. The zero-order chi connectivity index (χ0) is 19.2. The van der Waals surface area contributed by atoms with Crippen LogP contribution < -0.4 is 15.4 Å². The summed E-state index contributed by atoms with van der Waals surface area (Å²) in [5, 5.41) is 5.44. The van der Waals surface area contributed by atoms with Crippen molar-refractivity contribution in [1.82, 2.24) is 5.32 Å². The maximum atomic E-state index is 12.5. The lowest BCUT2D eigenvalue weighted by atomic mass is 10.0. The molecule has 6 nitrogen and oxygen atoms in total. The molecule has 2 amide bonds. The summed E-state index contributed by atoms with van der Waals surface area (Å²) in [6, 6.07) is 6.42. The first kappa shape index (κ1) is 20.8. The Morgan fingerprint density at radius 2 is 1.56 bits per heavy atom. The molecule has 1 unspecified atom stereocenters. The molecule has 0 saturated carbocycles. The van der Waals surface area contributed by atoms with E-state index in [1.54, 1.807) is 45.0 Å². The number of benzene rings is 1. The molecule has 25 heavy (non-hydrogen) atoms. The quantitative estimate of drug-likeness (QED) is 0.814. The Morgan fingerprint density at radius 3 is 2.00 bits per heavy atom. The van der Waals surface area contributed by atoms with Gasteiger partial charge in [-0.15, -0.1) is 0 Å². The summed E-state index contributed by atoms with van der Waals surface area (Å²) in [5.41, 5.74) is 0.0201. The molecule has 140 valence electrons. The summed E-state index contributed by atoms with van der Waals surface area (Å²) >= 11 is 0. The molecule has 0 heterocycles. The first-order valence-electron chi connectivity index (χ1n) is 8.55. The predicted molar refractivity (Wildman–Crippen MR) is 98.8 cm³/mol. The van der Waals surface area contributed by atoms with Gasteiger partial charge in [-0.05, 0) is 64.8 Å². The van der Waals surface area contributed by atoms with Crippen molar-refractivity contribution in [3.63, 3.8) is 0 Å². The number of carbonyl (C=O) groups is 2. The second-order valence-electron chi connectivity index (χ2n) is 7.55. The average molecular weight is 350 g/mol. The Hall–Kier alpha value is -2.24. The monoisotopic (exact) mass is 350 g/mol. The molecule has 0 fully saturated rings. The van der Waals surface area contributed by atoms with Crippen LogP contribution in [0.4, 0.5) is 10.5 Å². The van der Waals surface area contributed by atoms with E-state index in [0.29, 0.717) is 5.69 Å². The van der Waals surface area contributed by atoms with Crippen LogP contribution in [0.2, 0.25) is 0 Å². The second-order valence-corrected chi connectivity index (χ2v) is 7.55. The van der Waals surface area contributed by atoms with Crippen molar-refractivity contribution in [3.8, 4) is 5.75 Å². The third kappa shape index (κ3) is 7.92. The lowest BCUT2D eigenvalue weighted by Crippen LogP contribution is -2.48. The van der Waals surface area contributed by atoms with Gasteiger partial charge in [-0.2, -0.15) is 0 Å². The van der Waals surface area contributed by atoms with Crippen LogP contribution >= 0.6 is 0 Å². The summed E-state index contributed by atoms with van der Waals surface area (Å²) in [6.45, 7) is 13.0. The minimum Gasteiger partial charge on any atom is -0.491 e. The van der Waals surface area contributed by atoms with Crippen LogP contribution in [-0.2, 0) is 9.53 Å². The van der Waals surface area contributed by atoms with E-state index in [-0.39, 0.29) is 17.9 Å². The molecule has 0 aromatic heterocycles. The molecule has 1 aromatic carbocycles. The molecule has 0 saturated heterocycles. The number of nitrogens with one attached hydrogen (secondary N) is 2. The fourth-order valence-corrected chi connectivity index (χ4v) is 2.08. The van der Waals surface area contributed by atoms with Crippen molar-refractivity contribution in [3.05, 3.63) is 24.3 Å². The van der Waals surface area contributed by atoms with E-state index in [0.717, 1.165) is 5.75 Å². The molecular weight excluding hydrogens is 320 g/mol. The van der Waals surface area contributed by atoms with Gasteiger partial charge in [-0.3, -0.25) is 4.79 Å². The van der Waals surface area contributed by atoms with Crippen LogP contribution in [0.1, 0.15) is 48.5 Å². The number of amides is 2. The first-order valence-corrected chi connectivity index (χ1v) is 8.55. The van der Waals surface area contributed by atoms with Crippen LogP contribution in [0.15, 0.2) is 24.3 Å². The number of anilines is 1. The second kappa shape index (κ2) is 8.74. The van der Waals surface area contributed by atoms with E-state index in [2.05, 4.69) is 10.6 Å².